The molecular weight excluding hydrogens is 360 g/mol. The molecular formula is C21H27N2O5+. The molecule has 0 aliphatic rings. The normalized spacial score (nSPS) is 11.4. The Morgan fingerprint density at radius 2 is 1.82 bits per heavy atom. The molecule has 7 nitrogen and oxygen atoms in total. The van der Waals surface area contributed by atoms with Gasteiger partial charge in [0.05, 0.1) is 39.1 Å². The Balaban J connectivity index is 1.99. The van der Waals surface area contributed by atoms with Crippen LogP contribution >= 0.6 is 0 Å². The van der Waals surface area contributed by atoms with Gasteiger partial charge in [-0.1, -0.05) is 12.1 Å². The molecule has 2 aromatic rings. The highest BCUT2D eigenvalue weighted by molar-refractivity contribution is 6.01. The second-order valence-electron chi connectivity index (χ2n) is 6.31. The molecule has 0 saturated heterocycles. The van der Waals surface area contributed by atoms with E-state index in [0.717, 1.165) is 10.5 Å². The third-order valence-corrected chi connectivity index (χ3v) is 4.10. The van der Waals surface area contributed by atoms with Crippen molar-refractivity contribution in [1.82, 2.24) is 0 Å². The van der Waals surface area contributed by atoms with Crippen molar-refractivity contribution in [2.75, 3.05) is 39.7 Å². The summed E-state index contributed by atoms with van der Waals surface area (Å²) in [7, 11) is 4.84. The Bertz CT molecular complexity index is 822. The molecule has 7 heteroatoms. The summed E-state index contributed by atoms with van der Waals surface area (Å²) in [6.07, 6.45) is 0. The Hall–Kier alpha value is -3.06. The summed E-state index contributed by atoms with van der Waals surface area (Å²) in [5, 5.41) is 2.79. The van der Waals surface area contributed by atoms with Crippen LogP contribution < -0.4 is 19.7 Å². The lowest BCUT2D eigenvalue weighted by Gasteiger charge is -2.16. The number of ether oxygens (including phenoxy) is 3. The lowest BCUT2D eigenvalue weighted by Crippen LogP contribution is -3.08. The largest absolute Gasteiger partial charge is 0.493 e. The van der Waals surface area contributed by atoms with Crippen LogP contribution in [-0.4, -0.2) is 46.3 Å². The number of carbonyl (C=O) groups excluding carboxylic acids is 2. The standard InChI is InChI=1S/C21H26N2O5/c1-5-28-18-11-10-15(12-19(18)26-3)13-23(2)14-20(24)22-17-9-7-6-8-16(17)21(25)27-4/h6-12H,5,13-14H2,1-4H3,(H,22,24)/p+1. The van der Waals surface area contributed by atoms with E-state index in [9.17, 15) is 9.59 Å². The van der Waals surface area contributed by atoms with Gasteiger partial charge in [0.1, 0.15) is 6.54 Å². The van der Waals surface area contributed by atoms with Gasteiger partial charge in [-0.05, 0) is 37.3 Å². The first-order valence-electron chi connectivity index (χ1n) is 9.06. The fourth-order valence-electron chi connectivity index (χ4n) is 2.86. The number of nitrogens with one attached hydrogen (secondary N) is 2. The molecule has 2 aromatic carbocycles. The average molecular weight is 387 g/mol. The number of hydrogen-bond donors (Lipinski definition) is 2. The van der Waals surface area contributed by atoms with Gasteiger partial charge in [-0.2, -0.15) is 0 Å². The minimum atomic E-state index is -0.488. The summed E-state index contributed by atoms with van der Waals surface area (Å²) in [4.78, 5) is 25.2. The van der Waals surface area contributed by atoms with E-state index in [2.05, 4.69) is 5.32 Å². The van der Waals surface area contributed by atoms with E-state index in [0.29, 0.717) is 35.9 Å². The van der Waals surface area contributed by atoms with E-state index in [-0.39, 0.29) is 12.5 Å². The van der Waals surface area contributed by atoms with Gasteiger partial charge in [0.2, 0.25) is 0 Å². The van der Waals surface area contributed by atoms with Crippen molar-refractivity contribution < 1.29 is 28.7 Å². The van der Waals surface area contributed by atoms with Crippen LogP contribution in [0.5, 0.6) is 11.5 Å². The maximum atomic E-state index is 12.4. The molecule has 1 atom stereocenters. The molecule has 0 saturated carbocycles. The zero-order valence-electron chi connectivity index (χ0n) is 16.7. The molecule has 0 aromatic heterocycles. The molecule has 2 N–H and O–H groups in total. The van der Waals surface area contributed by atoms with Crippen LogP contribution in [0.1, 0.15) is 22.8 Å². The SMILES string of the molecule is CCOc1ccc(C[NH+](C)CC(=O)Nc2ccccc2C(=O)OC)cc1OC. The van der Waals surface area contributed by atoms with E-state index in [1.807, 2.05) is 32.2 Å². The molecule has 0 heterocycles. The smallest absolute Gasteiger partial charge is 0.339 e. The van der Waals surface area contributed by atoms with E-state index >= 15 is 0 Å². The van der Waals surface area contributed by atoms with Gasteiger partial charge in [0.15, 0.2) is 18.0 Å². The predicted molar refractivity (Wildman–Crippen MR) is 106 cm³/mol. The Kier molecular flexibility index (Phi) is 7.83. The fourth-order valence-corrected chi connectivity index (χ4v) is 2.86. The first-order chi connectivity index (χ1) is 13.5. The van der Waals surface area contributed by atoms with E-state index in [1.54, 1.807) is 31.4 Å². The maximum absolute atomic E-state index is 12.4. The Morgan fingerprint density at radius 3 is 2.50 bits per heavy atom. The number of hydrogen-bond acceptors (Lipinski definition) is 5. The van der Waals surface area contributed by atoms with Gasteiger partial charge in [0.25, 0.3) is 5.91 Å². The first-order valence-corrected chi connectivity index (χ1v) is 9.06. The number of anilines is 1. The molecule has 0 bridgehead atoms. The van der Waals surface area contributed by atoms with Crippen molar-refractivity contribution >= 4 is 17.6 Å². The molecule has 0 aliphatic heterocycles. The highest BCUT2D eigenvalue weighted by Crippen LogP contribution is 2.27. The maximum Gasteiger partial charge on any atom is 0.339 e. The first kappa shape index (κ1) is 21.2. The monoisotopic (exact) mass is 387 g/mol. The van der Waals surface area contributed by atoms with E-state index in [1.165, 1.54) is 7.11 Å². The molecule has 0 aliphatic carbocycles. The number of amides is 1. The minimum Gasteiger partial charge on any atom is -0.493 e. The summed E-state index contributed by atoms with van der Waals surface area (Å²) in [6, 6.07) is 12.5. The summed E-state index contributed by atoms with van der Waals surface area (Å²) in [6.45, 7) is 3.36. The molecule has 0 spiro atoms. The van der Waals surface area contributed by atoms with E-state index < -0.39 is 5.97 Å². The van der Waals surface area contributed by atoms with Crippen molar-refractivity contribution in [3.63, 3.8) is 0 Å². The second-order valence-corrected chi connectivity index (χ2v) is 6.31. The average Bonchev–Trinajstić information content (AvgIpc) is 2.68. The summed E-state index contributed by atoms with van der Waals surface area (Å²) < 4.78 is 15.6. The lowest BCUT2D eigenvalue weighted by atomic mass is 10.1. The van der Waals surface area contributed by atoms with Crippen LogP contribution in [0.15, 0.2) is 42.5 Å². The van der Waals surface area contributed by atoms with Gasteiger partial charge in [-0.15, -0.1) is 0 Å². The predicted octanol–water partition coefficient (Wildman–Crippen LogP) is 1.53. The van der Waals surface area contributed by atoms with Crippen LogP contribution in [0.4, 0.5) is 5.69 Å². The molecule has 150 valence electrons. The zero-order valence-corrected chi connectivity index (χ0v) is 16.7. The van der Waals surface area contributed by atoms with Gasteiger partial charge in [0, 0.05) is 5.56 Å². The summed E-state index contributed by atoms with van der Waals surface area (Å²) in [5.74, 6) is 0.692. The number of esters is 1. The third kappa shape index (κ3) is 5.72. The van der Waals surface area contributed by atoms with E-state index in [4.69, 9.17) is 14.2 Å². The molecule has 0 radical (unpaired) electrons. The Labute approximate surface area is 165 Å². The lowest BCUT2D eigenvalue weighted by molar-refractivity contribution is -0.885. The summed E-state index contributed by atoms with van der Waals surface area (Å²) >= 11 is 0. The Morgan fingerprint density at radius 1 is 1.07 bits per heavy atom. The topological polar surface area (TPSA) is 78.3 Å². The number of likely N-dealkylation sites (N-methyl/N-ethyl adjacent to an activating group) is 1. The third-order valence-electron chi connectivity index (χ3n) is 4.10. The summed E-state index contributed by atoms with van der Waals surface area (Å²) in [5.41, 5.74) is 1.79. The number of benzene rings is 2. The minimum absolute atomic E-state index is 0.188. The molecule has 0 fully saturated rings. The molecule has 1 unspecified atom stereocenters. The number of quaternary nitrogens is 1. The molecule has 2 rings (SSSR count). The fraction of sp³-hybridized carbons (Fsp3) is 0.333. The van der Waals surface area contributed by atoms with Gasteiger partial charge >= 0.3 is 5.97 Å². The van der Waals surface area contributed by atoms with Crippen molar-refractivity contribution in [2.24, 2.45) is 0 Å². The van der Waals surface area contributed by atoms with Crippen LogP contribution in [0, 0.1) is 0 Å². The van der Waals surface area contributed by atoms with Crippen LogP contribution in [-0.2, 0) is 16.1 Å². The second kappa shape index (κ2) is 10.3. The molecule has 1 amide bonds. The number of rotatable bonds is 9. The number of carbonyl (C=O) groups is 2. The quantitative estimate of drug-likeness (QED) is 0.638. The van der Waals surface area contributed by atoms with Crippen LogP contribution in [0.25, 0.3) is 0 Å². The van der Waals surface area contributed by atoms with Crippen LogP contribution in [0.2, 0.25) is 0 Å². The number of methoxy groups -OCH3 is 2. The van der Waals surface area contributed by atoms with Crippen molar-refractivity contribution in [3.8, 4) is 11.5 Å². The van der Waals surface area contributed by atoms with Crippen molar-refractivity contribution in [2.45, 2.75) is 13.5 Å². The van der Waals surface area contributed by atoms with Gasteiger partial charge < -0.3 is 24.4 Å². The number of para-hydroxylation sites is 1. The zero-order chi connectivity index (χ0) is 20.5. The molecule has 28 heavy (non-hydrogen) atoms. The van der Waals surface area contributed by atoms with Crippen LogP contribution in [0.3, 0.4) is 0 Å². The van der Waals surface area contributed by atoms with Crippen molar-refractivity contribution in [1.29, 1.82) is 0 Å². The van der Waals surface area contributed by atoms with Gasteiger partial charge in [-0.25, -0.2) is 4.79 Å². The van der Waals surface area contributed by atoms with Gasteiger partial charge in [-0.3, -0.25) is 4.79 Å². The highest BCUT2D eigenvalue weighted by atomic mass is 16.5. The van der Waals surface area contributed by atoms with Crippen molar-refractivity contribution in [3.05, 3.63) is 53.6 Å². The highest BCUT2D eigenvalue weighted by Gasteiger charge is 2.16.